The highest BCUT2D eigenvalue weighted by atomic mass is 32.2. The number of rotatable bonds is 9. The van der Waals surface area contributed by atoms with Crippen LogP contribution in [0, 0.1) is 11.8 Å². The van der Waals surface area contributed by atoms with E-state index in [0.717, 1.165) is 50.8 Å². The minimum atomic E-state index is -0.280. The lowest BCUT2D eigenvalue weighted by Crippen LogP contribution is -2.50. The molecule has 3 heterocycles. The van der Waals surface area contributed by atoms with Crippen molar-refractivity contribution in [1.29, 1.82) is 0 Å². The van der Waals surface area contributed by atoms with Crippen LogP contribution in [0.2, 0.25) is 0 Å². The second-order valence-corrected chi connectivity index (χ2v) is 12.5. The molecule has 2 unspecified atom stereocenters. The SMILES string of the molecule is CCC(CC)C1SC(CC(=O)N2CCC(N3CCc4ccccc4NC3=O)CC2)C(=O)N1CCC(C)C.[HH]. The second-order valence-electron chi connectivity index (χ2n) is 11.2. The molecule has 4 rings (SSSR count). The maximum Gasteiger partial charge on any atom is 0.322 e. The van der Waals surface area contributed by atoms with Gasteiger partial charge in [-0.25, -0.2) is 4.79 Å². The number of carbonyl (C=O) groups is 3. The van der Waals surface area contributed by atoms with Gasteiger partial charge in [0, 0.05) is 45.8 Å². The number of fused-ring (bicyclic) bond motifs is 1. The van der Waals surface area contributed by atoms with Crippen LogP contribution in [0.5, 0.6) is 0 Å². The summed E-state index contributed by atoms with van der Waals surface area (Å²) in [5.74, 6) is 1.23. The molecule has 7 nitrogen and oxygen atoms in total. The van der Waals surface area contributed by atoms with Crippen LogP contribution in [-0.4, -0.2) is 75.4 Å². The average molecular weight is 531 g/mol. The number of hydrogen-bond acceptors (Lipinski definition) is 4. The molecule has 0 aromatic heterocycles. The molecule has 2 atom stereocenters. The Hall–Kier alpha value is -2.22. The summed E-state index contributed by atoms with van der Waals surface area (Å²) in [6.45, 7) is 11.5. The largest absolute Gasteiger partial charge is 0.342 e. The number of amides is 4. The molecule has 0 spiro atoms. The van der Waals surface area contributed by atoms with E-state index in [2.05, 4.69) is 44.0 Å². The topological polar surface area (TPSA) is 73.0 Å². The minimum absolute atomic E-state index is 0. The highest BCUT2D eigenvalue weighted by Gasteiger charge is 2.44. The number of benzene rings is 1. The molecule has 37 heavy (non-hydrogen) atoms. The average Bonchev–Trinajstić information content (AvgIpc) is 3.08. The number of anilines is 1. The predicted octanol–water partition coefficient (Wildman–Crippen LogP) is 5.46. The van der Waals surface area contributed by atoms with Crippen LogP contribution in [-0.2, 0) is 16.0 Å². The first-order chi connectivity index (χ1) is 17.8. The number of carbonyl (C=O) groups excluding carboxylic acids is 3. The highest BCUT2D eigenvalue weighted by molar-refractivity contribution is 8.01. The van der Waals surface area contributed by atoms with Crippen molar-refractivity contribution >= 4 is 35.3 Å². The standard InChI is InChI=1S/C29H44N4O3S.H2/c1-5-21(6-2)28-33(17-11-20(3)4)27(35)25(37-28)19-26(34)31-15-13-23(14-16-31)32-18-12-22-9-7-8-10-24(22)30-29(32)36;/h7-10,20-21,23,25,28H,5-6,11-19H2,1-4H3,(H,30,36);1H. The first-order valence-corrected chi connectivity index (χ1v) is 15.2. The summed E-state index contributed by atoms with van der Waals surface area (Å²) >= 11 is 1.72. The maximum absolute atomic E-state index is 13.4. The third-order valence-corrected chi connectivity index (χ3v) is 9.94. The zero-order valence-electron chi connectivity index (χ0n) is 22.9. The smallest absolute Gasteiger partial charge is 0.322 e. The normalized spacial score (nSPS) is 23.0. The van der Waals surface area contributed by atoms with Gasteiger partial charge >= 0.3 is 6.03 Å². The van der Waals surface area contributed by atoms with Crippen LogP contribution in [0.4, 0.5) is 10.5 Å². The lowest BCUT2D eigenvalue weighted by atomic mass is 10.0. The van der Waals surface area contributed by atoms with Crippen molar-refractivity contribution in [2.45, 2.75) is 89.3 Å². The molecule has 1 aromatic carbocycles. The summed E-state index contributed by atoms with van der Waals surface area (Å²) < 4.78 is 0. The van der Waals surface area contributed by atoms with Crippen molar-refractivity contribution in [3.63, 3.8) is 0 Å². The highest BCUT2D eigenvalue weighted by Crippen LogP contribution is 2.40. The third kappa shape index (κ3) is 6.44. The summed E-state index contributed by atoms with van der Waals surface area (Å²) in [6, 6.07) is 8.07. The molecule has 1 N–H and O–H groups in total. The predicted molar refractivity (Wildman–Crippen MR) is 153 cm³/mol. The number of para-hydroxylation sites is 1. The molecule has 8 heteroatoms. The van der Waals surface area contributed by atoms with Gasteiger partial charge in [-0.15, -0.1) is 11.8 Å². The van der Waals surface area contributed by atoms with Crippen LogP contribution in [0.1, 0.15) is 73.2 Å². The minimum Gasteiger partial charge on any atom is -0.342 e. The van der Waals surface area contributed by atoms with Crippen molar-refractivity contribution in [3.8, 4) is 0 Å². The van der Waals surface area contributed by atoms with Gasteiger partial charge in [0.25, 0.3) is 0 Å². The quantitative estimate of drug-likeness (QED) is 0.460. The van der Waals surface area contributed by atoms with Crippen molar-refractivity contribution < 1.29 is 15.8 Å². The van der Waals surface area contributed by atoms with E-state index < -0.39 is 0 Å². The van der Waals surface area contributed by atoms with Crippen molar-refractivity contribution in [1.82, 2.24) is 14.7 Å². The van der Waals surface area contributed by atoms with Crippen molar-refractivity contribution in [2.75, 3.05) is 31.5 Å². The van der Waals surface area contributed by atoms with Gasteiger partial charge in [-0.05, 0) is 49.1 Å². The number of nitrogens with zero attached hydrogens (tertiary/aromatic N) is 3. The van der Waals surface area contributed by atoms with Gasteiger partial charge in [-0.3, -0.25) is 9.59 Å². The lowest BCUT2D eigenvalue weighted by molar-refractivity contribution is -0.137. The summed E-state index contributed by atoms with van der Waals surface area (Å²) in [6.07, 6.45) is 5.75. The molecule has 0 saturated carbocycles. The van der Waals surface area contributed by atoms with Gasteiger partial charge in [0.2, 0.25) is 11.8 Å². The summed E-state index contributed by atoms with van der Waals surface area (Å²) in [5.41, 5.74) is 2.06. The molecule has 0 bridgehead atoms. The van der Waals surface area contributed by atoms with Gasteiger partial charge in [0.05, 0.1) is 10.6 Å². The molecule has 2 fully saturated rings. The molecule has 4 amide bonds. The van der Waals surface area contributed by atoms with Crippen molar-refractivity contribution in [3.05, 3.63) is 29.8 Å². The van der Waals surface area contributed by atoms with E-state index in [4.69, 9.17) is 0 Å². The lowest BCUT2D eigenvalue weighted by Gasteiger charge is -2.38. The Morgan fingerprint density at radius 3 is 2.49 bits per heavy atom. The van der Waals surface area contributed by atoms with Gasteiger partial charge < -0.3 is 20.0 Å². The molecule has 1 aromatic rings. The molecular formula is C29H46N4O3S. The van der Waals surface area contributed by atoms with E-state index in [1.54, 1.807) is 11.8 Å². The summed E-state index contributed by atoms with van der Waals surface area (Å²) in [4.78, 5) is 45.5. The number of hydrogen-bond donors (Lipinski definition) is 1. The molecule has 0 aliphatic carbocycles. The molecule has 2 saturated heterocycles. The van der Waals surface area contributed by atoms with E-state index in [1.165, 1.54) is 5.56 Å². The zero-order chi connectivity index (χ0) is 26.5. The third-order valence-electron chi connectivity index (χ3n) is 8.33. The van der Waals surface area contributed by atoms with E-state index >= 15 is 0 Å². The number of nitrogens with one attached hydrogen (secondary N) is 1. The van der Waals surface area contributed by atoms with Gasteiger partial charge in [0.15, 0.2) is 0 Å². The van der Waals surface area contributed by atoms with Crippen LogP contribution < -0.4 is 5.32 Å². The Labute approximate surface area is 228 Å². The Bertz CT molecular complexity index is 965. The van der Waals surface area contributed by atoms with Gasteiger partial charge in [0.1, 0.15) is 0 Å². The Balaban J connectivity index is 0.00000400. The van der Waals surface area contributed by atoms with Crippen LogP contribution in [0.3, 0.4) is 0 Å². The molecule has 0 radical (unpaired) electrons. The Morgan fingerprint density at radius 2 is 1.81 bits per heavy atom. The molecule has 3 aliphatic heterocycles. The number of urea groups is 1. The van der Waals surface area contributed by atoms with E-state index in [-0.39, 0.29) is 42.4 Å². The zero-order valence-corrected chi connectivity index (χ0v) is 23.8. The fourth-order valence-electron chi connectivity index (χ4n) is 5.89. The molecule has 206 valence electrons. The van der Waals surface area contributed by atoms with E-state index in [9.17, 15) is 14.4 Å². The second kappa shape index (κ2) is 12.5. The van der Waals surface area contributed by atoms with E-state index in [1.807, 2.05) is 28.0 Å². The fraction of sp³-hybridized carbons (Fsp3) is 0.690. The summed E-state index contributed by atoms with van der Waals surface area (Å²) in [7, 11) is 0. The number of likely N-dealkylation sites (tertiary alicyclic amines) is 1. The van der Waals surface area contributed by atoms with E-state index in [0.29, 0.717) is 31.5 Å². The number of piperidine rings is 1. The Morgan fingerprint density at radius 1 is 1.11 bits per heavy atom. The monoisotopic (exact) mass is 530 g/mol. The Kier molecular flexibility index (Phi) is 9.43. The van der Waals surface area contributed by atoms with Gasteiger partial charge in [-0.2, -0.15) is 0 Å². The summed E-state index contributed by atoms with van der Waals surface area (Å²) in [5, 5.41) is 2.96. The fourth-order valence-corrected chi connectivity index (χ4v) is 7.68. The first-order valence-electron chi connectivity index (χ1n) is 14.2. The molecule has 3 aliphatic rings. The van der Waals surface area contributed by atoms with Crippen molar-refractivity contribution in [2.24, 2.45) is 11.8 Å². The van der Waals surface area contributed by atoms with Gasteiger partial charge in [-0.1, -0.05) is 58.7 Å². The maximum atomic E-state index is 13.4. The first kappa shape index (κ1) is 27.8. The molecular weight excluding hydrogens is 484 g/mol. The van der Waals surface area contributed by atoms with Crippen LogP contribution in [0.15, 0.2) is 24.3 Å². The van der Waals surface area contributed by atoms with Crippen LogP contribution >= 0.6 is 11.8 Å². The number of thioether (sulfide) groups is 1. The van der Waals surface area contributed by atoms with Crippen LogP contribution in [0.25, 0.3) is 0 Å².